The minimum Gasteiger partial charge on any atom is -0.493 e. The largest absolute Gasteiger partial charge is 0.493 e. The number of hydrogen-bond acceptors (Lipinski definition) is 4. The zero-order valence-corrected chi connectivity index (χ0v) is 14.8. The number of benzene rings is 1. The molecule has 2 atom stereocenters. The molecule has 2 unspecified atom stereocenters. The molecule has 5 heteroatoms. The second-order valence-electron chi connectivity index (χ2n) is 7.21. The van der Waals surface area contributed by atoms with Crippen molar-refractivity contribution >= 4 is 11.6 Å². The summed E-state index contributed by atoms with van der Waals surface area (Å²) in [5.74, 6) is 2.47. The number of amides is 1. The average Bonchev–Trinajstić information content (AvgIpc) is 2.55. The summed E-state index contributed by atoms with van der Waals surface area (Å²) < 4.78 is 10.6. The molecule has 2 bridgehead atoms. The van der Waals surface area contributed by atoms with Crippen LogP contribution >= 0.6 is 0 Å². The number of carbonyl (C=O) groups excluding carboxylic acids is 1. The van der Waals surface area contributed by atoms with Crippen LogP contribution in [0.3, 0.4) is 0 Å². The summed E-state index contributed by atoms with van der Waals surface area (Å²) >= 11 is 0. The number of fused-ring (bicyclic) bond motifs is 2. The van der Waals surface area contributed by atoms with E-state index in [9.17, 15) is 4.79 Å². The fourth-order valence-corrected chi connectivity index (χ4v) is 4.35. The molecule has 5 nitrogen and oxygen atoms in total. The van der Waals surface area contributed by atoms with Crippen molar-refractivity contribution < 1.29 is 14.3 Å². The molecule has 2 saturated carbocycles. The maximum absolute atomic E-state index is 12.8. The van der Waals surface area contributed by atoms with Crippen LogP contribution in [-0.4, -0.2) is 26.2 Å². The molecule has 2 aliphatic carbocycles. The average molecular weight is 332 g/mol. The number of rotatable bonds is 4. The lowest BCUT2D eigenvalue weighted by atomic mass is 9.65. The molecular formula is C19H28N2O3. The van der Waals surface area contributed by atoms with Crippen molar-refractivity contribution in [2.75, 3.05) is 19.5 Å². The van der Waals surface area contributed by atoms with Gasteiger partial charge in [-0.1, -0.05) is 6.42 Å². The highest BCUT2D eigenvalue weighted by atomic mass is 16.5. The summed E-state index contributed by atoms with van der Waals surface area (Å²) in [4.78, 5) is 12.8. The molecule has 0 aliphatic heterocycles. The van der Waals surface area contributed by atoms with Crippen molar-refractivity contribution in [2.24, 2.45) is 23.5 Å². The number of methoxy groups -OCH3 is 2. The highest BCUT2D eigenvalue weighted by Gasteiger charge is 2.40. The summed E-state index contributed by atoms with van der Waals surface area (Å²) in [6, 6.07) is 4.01. The summed E-state index contributed by atoms with van der Waals surface area (Å²) in [6.45, 7) is 1.96. The van der Waals surface area contributed by atoms with Gasteiger partial charge in [-0.15, -0.1) is 0 Å². The predicted molar refractivity (Wildman–Crippen MR) is 94.4 cm³/mol. The summed E-state index contributed by atoms with van der Waals surface area (Å²) in [5, 5.41) is 3.09. The summed E-state index contributed by atoms with van der Waals surface area (Å²) in [5.41, 5.74) is 8.09. The molecule has 1 aromatic carbocycles. The second kappa shape index (κ2) is 7.01. The highest BCUT2D eigenvalue weighted by Crippen LogP contribution is 2.42. The van der Waals surface area contributed by atoms with Crippen LogP contribution in [0, 0.1) is 24.7 Å². The van der Waals surface area contributed by atoms with Crippen molar-refractivity contribution in [3.05, 3.63) is 17.7 Å². The number of hydrogen-bond donors (Lipinski definition) is 2. The van der Waals surface area contributed by atoms with Crippen LogP contribution in [0.5, 0.6) is 11.5 Å². The van der Waals surface area contributed by atoms with Crippen molar-refractivity contribution in [2.45, 2.75) is 45.1 Å². The Morgan fingerprint density at radius 2 is 1.71 bits per heavy atom. The highest BCUT2D eigenvalue weighted by molar-refractivity contribution is 5.93. The minimum absolute atomic E-state index is 0.0626. The van der Waals surface area contributed by atoms with Gasteiger partial charge >= 0.3 is 0 Å². The fraction of sp³-hybridized carbons (Fsp3) is 0.632. The van der Waals surface area contributed by atoms with Crippen LogP contribution in [0.4, 0.5) is 5.69 Å². The number of anilines is 1. The molecule has 24 heavy (non-hydrogen) atoms. The van der Waals surface area contributed by atoms with Crippen LogP contribution in [0.2, 0.25) is 0 Å². The number of aryl methyl sites for hydroxylation is 1. The van der Waals surface area contributed by atoms with Crippen molar-refractivity contribution in [1.82, 2.24) is 0 Å². The molecule has 2 aliphatic rings. The van der Waals surface area contributed by atoms with E-state index in [0.29, 0.717) is 23.3 Å². The van der Waals surface area contributed by atoms with E-state index in [1.165, 1.54) is 6.42 Å². The van der Waals surface area contributed by atoms with Crippen molar-refractivity contribution in [3.63, 3.8) is 0 Å². The van der Waals surface area contributed by atoms with Crippen LogP contribution in [-0.2, 0) is 4.79 Å². The SMILES string of the molecule is COc1cc(C)c(NC(=O)C2CC3CCCC(C2)C3N)cc1OC. The third-order valence-corrected chi connectivity index (χ3v) is 5.77. The molecule has 0 heterocycles. The Kier molecular flexibility index (Phi) is 4.99. The lowest BCUT2D eigenvalue weighted by molar-refractivity contribution is -0.122. The van der Waals surface area contributed by atoms with Crippen molar-refractivity contribution in [3.8, 4) is 11.5 Å². The Morgan fingerprint density at radius 1 is 1.12 bits per heavy atom. The van der Waals surface area contributed by atoms with E-state index in [0.717, 1.165) is 36.9 Å². The van der Waals surface area contributed by atoms with E-state index < -0.39 is 0 Å². The Balaban J connectivity index is 1.73. The monoisotopic (exact) mass is 332 g/mol. The molecule has 3 N–H and O–H groups in total. The first-order valence-corrected chi connectivity index (χ1v) is 8.82. The smallest absolute Gasteiger partial charge is 0.227 e. The van der Waals surface area contributed by atoms with Crippen molar-refractivity contribution in [1.29, 1.82) is 0 Å². The lowest BCUT2D eigenvalue weighted by Crippen LogP contribution is -2.48. The molecule has 2 fully saturated rings. The standard InChI is InChI=1S/C19H28N2O3/c1-11-7-16(23-2)17(24-3)10-15(11)21-19(22)14-8-12-5-4-6-13(9-14)18(12)20/h7,10,12-14,18H,4-6,8-9,20H2,1-3H3,(H,21,22). The normalized spacial score (nSPS) is 29.0. The van der Waals surface area contributed by atoms with Gasteiger partial charge in [-0.2, -0.15) is 0 Å². The van der Waals surface area contributed by atoms with Gasteiger partial charge in [0.2, 0.25) is 5.91 Å². The summed E-state index contributed by atoms with van der Waals surface area (Å²) in [7, 11) is 3.21. The molecule has 132 valence electrons. The molecule has 0 spiro atoms. The Bertz CT molecular complexity index is 603. The van der Waals surface area contributed by atoms with Gasteiger partial charge in [-0.05, 0) is 56.1 Å². The topological polar surface area (TPSA) is 73.6 Å². The molecule has 1 aromatic rings. The van der Waals surface area contributed by atoms with Gasteiger partial charge in [-0.25, -0.2) is 0 Å². The Hall–Kier alpha value is -1.75. The quantitative estimate of drug-likeness (QED) is 0.888. The van der Waals surface area contributed by atoms with Gasteiger partial charge in [0.15, 0.2) is 11.5 Å². The predicted octanol–water partition coefficient (Wildman–Crippen LogP) is 3.10. The van der Waals surface area contributed by atoms with Gasteiger partial charge in [0.25, 0.3) is 0 Å². The third kappa shape index (κ3) is 3.22. The fourth-order valence-electron chi connectivity index (χ4n) is 4.35. The lowest BCUT2D eigenvalue weighted by Gasteiger charge is -2.43. The van der Waals surface area contributed by atoms with E-state index >= 15 is 0 Å². The molecule has 1 amide bonds. The zero-order valence-electron chi connectivity index (χ0n) is 14.8. The van der Waals surface area contributed by atoms with Crippen LogP contribution < -0.4 is 20.5 Å². The Labute approximate surface area is 143 Å². The second-order valence-corrected chi connectivity index (χ2v) is 7.21. The number of ether oxygens (including phenoxy) is 2. The van der Waals surface area contributed by atoms with E-state index in [1.807, 2.05) is 19.1 Å². The van der Waals surface area contributed by atoms with E-state index in [2.05, 4.69) is 5.32 Å². The van der Waals surface area contributed by atoms with E-state index in [1.54, 1.807) is 14.2 Å². The molecule has 3 rings (SSSR count). The van der Waals surface area contributed by atoms with Crippen LogP contribution in [0.15, 0.2) is 12.1 Å². The number of carbonyl (C=O) groups is 1. The molecule has 0 saturated heterocycles. The first-order valence-electron chi connectivity index (χ1n) is 8.82. The first kappa shape index (κ1) is 17.1. The molecule has 0 aromatic heterocycles. The maximum atomic E-state index is 12.8. The molecule has 0 radical (unpaired) electrons. The number of nitrogens with one attached hydrogen (secondary N) is 1. The summed E-state index contributed by atoms with van der Waals surface area (Å²) in [6.07, 6.45) is 5.41. The molecular weight excluding hydrogens is 304 g/mol. The van der Waals surface area contributed by atoms with Gasteiger partial charge in [-0.3, -0.25) is 4.79 Å². The van der Waals surface area contributed by atoms with Gasteiger partial charge in [0.1, 0.15) is 0 Å². The van der Waals surface area contributed by atoms with Crippen LogP contribution in [0.1, 0.15) is 37.7 Å². The van der Waals surface area contributed by atoms with E-state index in [4.69, 9.17) is 15.2 Å². The Morgan fingerprint density at radius 3 is 2.29 bits per heavy atom. The van der Waals surface area contributed by atoms with Gasteiger partial charge in [0.05, 0.1) is 14.2 Å². The van der Waals surface area contributed by atoms with Gasteiger partial charge in [0, 0.05) is 23.7 Å². The van der Waals surface area contributed by atoms with E-state index in [-0.39, 0.29) is 17.9 Å². The zero-order chi connectivity index (χ0) is 17.3. The first-order chi connectivity index (χ1) is 11.5. The minimum atomic E-state index is 0.0626. The number of nitrogens with two attached hydrogens (primary N) is 1. The third-order valence-electron chi connectivity index (χ3n) is 5.77. The maximum Gasteiger partial charge on any atom is 0.227 e. The van der Waals surface area contributed by atoms with Gasteiger partial charge < -0.3 is 20.5 Å². The van der Waals surface area contributed by atoms with Crippen LogP contribution in [0.25, 0.3) is 0 Å².